The van der Waals surface area contributed by atoms with E-state index in [2.05, 4.69) is 52.8 Å². The summed E-state index contributed by atoms with van der Waals surface area (Å²) in [4.78, 5) is 4.66. The van der Waals surface area contributed by atoms with Crippen molar-refractivity contribution in [1.29, 1.82) is 0 Å². The molecular weight excluding hydrogens is 338 g/mol. The minimum atomic E-state index is 0.359. The quantitative estimate of drug-likeness (QED) is 0.581. The van der Waals surface area contributed by atoms with Crippen LogP contribution in [0.2, 0.25) is 0 Å². The molecule has 1 fully saturated rings. The first-order valence-corrected chi connectivity index (χ1v) is 9.90. The molecule has 0 radical (unpaired) electrons. The Hall–Kier alpha value is -2.50. The Morgan fingerprint density at radius 1 is 1.30 bits per heavy atom. The van der Waals surface area contributed by atoms with Gasteiger partial charge in [-0.1, -0.05) is 12.1 Å². The zero-order chi connectivity index (χ0) is 19.1. The number of guanidine groups is 1. The van der Waals surface area contributed by atoms with Crippen LogP contribution in [0.3, 0.4) is 0 Å². The fourth-order valence-electron chi connectivity index (χ4n) is 3.35. The number of rotatable bonds is 7. The molecule has 6 nitrogen and oxygen atoms in total. The van der Waals surface area contributed by atoms with Crippen LogP contribution in [0.5, 0.6) is 5.75 Å². The second kappa shape index (κ2) is 9.44. The van der Waals surface area contributed by atoms with E-state index in [1.165, 1.54) is 24.0 Å². The van der Waals surface area contributed by atoms with Crippen molar-refractivity contribution in [3.63, 3.8) is 0 Å². The first kappa shape index (κ1) is 19.3. The van der Waals surface area contributed by atoms with Crippen LogP contribution in [0.25, 0.3) is 0 Å². The SMILES string of the molecule is CCNC(=NCc1cnn(C)c1)NCc1ccc(C)cc1OC1CCCC1. The molecule has 1 aromatic heterocycles. The van der Waals surface area contributed by atoms with Gasteiger partial charge in [-0.05, 0) is 51.2 Å². The molecule has 2 aromatic rings. The van der Waals surface area contributed by atoms with Crippen molar-refractivity contribution in [2.45, 2.75) is 58.7 Å². The summed E-state index contributed by atoms with van der Waals surface area (Å²) in [5, 5.41) is 10.9. The van der Waals surface area contributed by atoms with Gasteiger partial charge >= 0.3 is 0 Å². The molecule has 0 saturated heterocycles. The smallest absolute Gasteiger partial charge is 0.191 e. The van der Waals surface area contributed by atoms with E-state index in [1.54, 1.807) is 4.68 Å². The monoisotopic (exact) mass is 369 g/mol. The van der Waals surface area contributed by atoms with E-state index < -0.39 is 0 Å². The van der Waals surface area contributed by atoms with Crippen molar-refractivity contribution in [2.75, 3.05) is 6.54 Å². The summed E-state index contributed by atoms with van der Waals surface area (Å²) in [6.45, 7) is 6.28. The maximum Gasteiger partial charge on any atom is 0.191 e. The van der Waals surface area contributed by atoms with E-state index in [1.807, 2.05) is 19.4 Å². The van der Waals surface area contributed by atoms with Gasteiger partial charge in [-0.3, -0.25) is 4.68 Å². The first-order chi connectivity index (χ1) is 13.1. The van der Waals surface area contributed by atoms with Crippen molar-refractivity contribution in [1.82, 2.24) is 20.4 Å². The minimum absolute atomic E-state index is 0.359. The van der Waals surface area contributed by atoms with Crippen molar-refractivity contribution in [2.24, 2.45) is 12.0 Å². The van der Waals surface area contributed by atoms with Crippen LogP contribution in [0.1, 0.15) is 49.3 Å². The predicted octanol–water partition coefficient (Wildman–Crippen LogP) is 3.31. The van der Waals surface area contributed by atoms with Gasteiger partial charge < -0.3 is 15.4 Å². The summed E-state index contributed by atoms with van der Waals surface area (Å²) in [7, 11) is 1.92. The van der Waals surface area contributed by atoms with Crippen LogP contribution in [0.15, 0.2) is 35.6 Å². The van der Waals surface area contributed by atoms with E-state index in [9.17, 15) is 0 Å². The minimum Gasteiger partial charge on any atom is -0.490 e. The molecule has 1 aromatic carbocycles. The van der Waals surface area contributed by atoms with Crippen LogP contribution in [-0.4, -0.2) is 28.4 Å². The Morgan fingerprint density at radius 2 is 2.11 bits per heavy atom. The maximum atomic E-state index is 6.30. The Kier molecular flexibility index (Phi) is 6.74. The number of aliphatic imine (C=N–C) groups is 1. The van der Waals surface area contributed by atoms with Crippen molar-refractivity contribution in [3.8, 4) is 5.75 Å². The Balaban J connectivity index is 1.65. The second-order valence-electron chi connectivity index (χ2n) is 7.21. The number of aryl methyl sites for hydroxylation is 2. The largest absolute Gasteiger partial charge is 0.490 e. The van der Waals surface area contributed by atoms with Gasteiger partial charge in [-0.15, -0.1) is 0 Å². The molecule has 0 spiro atoms. The highest BCUT2D eigenvalue weighted by atomic mass is 16.5. The van der Waals surface area contributed by atoms with Gasteiger partial charge in [0, 0.05) is 37.5 Å². The fourth-order valence-corrected chi connectivity index (χ4v) is 3.35. The molecule has 6 heteroatoms. The number of hydrogen-bond acceptors (Lipinski definition) is 3. The summed E-state index contributed by atoms with van der Waals surface area (Å²) in [5.41, 5.74) is 3.48. The van der Waals surface area contributed by atoms with E-state index in [0.29, 0.717) is 19.2 Å². The van der Waals surface area contributed by atoms with Crippen molar-refractivity contribution in [3.05, 3.63) is 47.3 Å². The summed E-state index contributed by atoms with van der Waals surface area (Å²) in [6, 6.07) is 6.44. The van der Waals surface area contributed by atoms with E-state index in [4.69, 9.17) is 4.74 Å². The zero-order valence-corrected chi connectivity index (χ0v) is 16.7. The molecule has 1 aliphatic rings. The third kappa shape index (κ3) is 5.74. The van der Waals surface area contributed by atoms with E-state index in [0.717, 1.165) is 36.7 Å². The predicted molar refractivity (Wildman–Crippen MR) is 109 cm³/mol. The van der Waals surface area contributed by atoms with Gasteiger partial charge in [0.25, 0.3) is 0 Å². The molecule has 0 aliphatic heterocycles. The average molecular weight is 370 g/mol. The molecule has 0 amide bonds. The third-order valence-electron chi connectivity index (χ3n) is 4.79. The van der Waals surface area contributed by atoms with Crippen LogP contribution < -0.4 is 15.4 Å². The molecule has 1 aliphatic carbocycles. The Morgan fingerprint density at radius 3 is 2.81 bits per heavy atom. The molecule has 1 heterocycles. The number of aromatic nitrogens is 2. The lowest BCUT2D eigenvalue weighted by atomic mass is 10.1. The van der Waals surface area contributed by atoms with Gasteiger partial charge in [0.1, 0.15) is 5.75 Å². The molecular formula is C21H31N5O. The number of hydrogen-bond donors (Lipinski definition) is 2. The summed E-state index contributed by atoms with van der Waals surface area (Å²) >= 11 is 0. The maximum absolute atomic E-state index is 6.30. The molecule has 146 valence electrons. The topological polar surface area (TPSA) is 63.5 Å². The van der Waals surface area contributed by atoms with Crippen molar-refractivity contribution >= 4 is 5.96 Å². The highest BCUT2D eigenvalue weighted by Crippen LogP contribution is 2.27. The summed E-state index contributed by atoms with van der Waals surface area (Å²) < 4.78 is 8.10. The molecule has 3 rings (SSSR count). The van der Waals surface area contributed by atoms with Gasteiger partial charge in [-0.2, -0.15) is 5.10 Å². The molecule has 2 N–H and O–H groups in total. The van der Waals surface area contributed by atoms with Crippen LogP contribution in [0, 0.1) is 6.92 Å². The molecule has 27 heavy (non-hydrogen) atoms. The number of nitrogens with zero attached hydrogens (tertiary/aromatic N) is 3. The molecule has 0 bridgehead atoms. The van der Waals surface area contributed by atoms with Gasteiger partial charge in [0.05, 0.1) is 18.8 Å². The lowest BCUT2D eigenvalue weighted by Crippen LogP contribution is -2.37. The number of benzene rings is 1. The highest BCUT2D eigenvalue weighted by Gasteiger charge is 2.18. The number of ether oxygens (including phenoxy) is 1. The average Bonchev–Trinajstić information content (AvgIpc) is 3.30. The molecule has 0 atom stereocenters. The van der Waals surface area contributed by atoms with E-state index in [-0.39, 0.29) is 0 Å². The fraction of sp³-hybridized carbons (Fsp3) is 0.524. The van der Waals surface area contributed by atoms with Crippen LogP contribution in [-0.2, 0) is 20.1 Å². The highest BCUT2D eigenvalue weighted by molar-refractivity contribution is 5.79. The molecule has 1 saturated carbocycles. The Bertz CT molecular complexity index is 762. The standard InChI is InChI=1S/C21H31N5O/c1-4-22-21(23-12-17-13-25-26(3)15-17)24-14-18-10-9-16(2)11-20(18)27-19-7-5-6-8-19/h9-11,13,15,19H,4-8,12,14H2,1-3H3,(H2,22,23,24). The van der Waals surface area contributed by atoms with Crippen LogP contribution in [0.4, 0.5) is 0 Å². The first-order valence-electron chi connectivity index (χ1n) is 9.90. The normalized spacial score (nSPS) is 15.1. The van der Waals surface area contributed by atoms with Gasteiger partial charge in [0.15, 0.2) is 5.96 Å². The lowest BCUT2D eigenvalue weighted by Gasteiger charge is -2.18. The Labute approximate surface area is 162 Å². The van der Waals surface area contributed by atoms with Gasteiger partial charge in [-0.25, -0.2) is 4.99 Å². The zero-order valence-electron chi connectivity index (χ0n) is 16.7. The molecule has 0 unspecified atom stereocenters. The summed E-state index contributed by atoms with van der Waals surface area (Å²) in [6.07, 6.45) is 9.07. The van der Waals surface area contributed by atoms with Crippen LogP contribution >= 0.6 is 0 Å². The second-order valence-corrected chi connectivity index (χ2v) is 7.21. The lowest BCUT2D eigenvalue weighted by molar-refractivity contribution is 0.207. The number of nitrogens with one attached hydrogen (secondary N) is 2. The van der Waals surface area contributed by atoms with Crippen molar-refractivity contribution < 1.29 is 4.74 Å². The third-order valence-corrected chi connectivity index (χ3v) is 4.79. The summed E-state index contributed by atoms with van der Waals surface area (Å²) in [5.74, 6) is 1.80. The van der Waals surface area contributed by atoms with Gasteiger partial charge in [0.2, 0.25) is 0 Å². The van der Waals surface area contributed by atoms with E-state index >= 15 is 0 Å².